The Bertz CT molecular complexity index is 671. The van der Waals surface area contributed by atoms with E-state index in [1.165, 1.54) is 24.3 Å². The summed E-state index contributed by atoms with van der Waals surface area (Å²) in [6.07, 6.45) is 2.29. The highest BCUT2D eigenvalue weighted by Crippen LogP contribution is 2.29. The predicted molar refractivity (Wildman–Crippen MR) is 103 cm³/mol. The average molecular weight is 375 g/mol. The molecule has 0 amide bonds. The van der Waals surface area contributed by atoms with Gasteiger partial charge >= 0.3 is 5.97 Å². The molecule has 0 spiro atoms. The molecule has 0 aliphatic heterocycles. The first-order valence-electron chi connectivity index (χ1n) is 9.39. The van der Waals surface area contributed by atoms with Crippen LogP contribution in [0.5, 0.6) is 0 Å². The molecule has 146 valence electrons. The number of hydrogen-bond donors (Lipinski definition) is 2. The lowest BCUT2D eigenvalue weighted by atomic mass is 9.87. The average Bonchev–Trinajstić information content (AvgIpc) is 2.66. The third-order valence-electron chi connectivity index (χ3n) is 5.06. The molecule has 0 heterocycles. The Morgan fingerprint density at radius 3 is 1.89 bits per heavy atom. The van der Waals surface area contributed by atoms with E-state index in [0.717, 1.165) is 30.4 Å². The molecule has 2 aromatic rings. The van der Waals surface area contributed by atoms with Crippen LogP contribution in [0.2, 0.25) is 0 Å². The molecule has 0 unspecified atom stereocenters. The molecule has 27 heavy (non-hydrogen) atoms. The van der Waals surface area contributed by atoms with E-state index >= 15 is 0 Å². The maximum absolute atomic E-state index is 13.3. The molecule has 2 aromatic carbocycles. The maximum Gasteiger partial charge on any atom is 0.320 e. The van der Waals surface area contributed by atoms with E-state index in [0.29, 0.717) is 6.54 Å². The van der Waals surface area contributed by atoms with Crippen molar-refractivity contribution in [2.75, 3.05) is 6.54 Å². The predicted octanol–water partition coefficient (Wildman–Crippen LogP) is 4.97. The summed E-state index contributed by atoms with van der Waals surface area (Å²) in [6.45, 7) is 4.47. The third-order valence-corrected chi connectivity index (χ3v) is 5.06. The standard InChI is InChI=1S/C22H27F2NO2/c1-3-15(2)21(22(26)27)25-14-4-5-20(16-6-10-18(23)11-7-16)17-8-12-19(24)13-9-17/h6-13,15,20-21,25H,3-5,14H2,1-2H3,(H,26,27)/t15-,21-/m0/s1. The van der Waals surface area contributed by atoms with Gasteiger partial charge in [-0.15, -0.1) is 0 Å². The normalized spacial score (nSPS) is 13.5. The lowest BCUT2D eigenvalue weighted by Gasteiger charge is -2.22. The van der Waals surface area contributed by atoms with Crippen LogP contribution in [0.3, 0.4) is 0 Å². The Labute approximate surface area is 159 Å². The minimum Gasteiger partial charge on any atom is -0.480 e. The second kappa shape index (κ2) is 10.2. The number of rotatable bonds is 10. The van der Waals surface area contributed by atoms with Crippen molar-refractivity contribution in [3.05, 3.63) is 71.3 Å². The maximum atomic E-state index is 13.3. The Hall–Kier alpha value is -2.27. The van der Waals surface area contributed by atoms with E-state index in [9.17, 15) is 18.7 Å². The quantitative estimate of drug-likeness (QED) is 0.577. The van der Waals surface area contributed by atoms with Crippen molar-refractivity contribution < 1.29 is 18.7 Å². The summed E-state index contributed by atoms with van der Waals surface area (Å²) in [7, 11) is 0. The molecule has 0 saturated carbocycles. The minimum absolute atomic E-state index is 0.000114. The molecule has 5 heteroatoms. The third kappa shape index (κ3) is 6.14. The number of nitrogens with one attached hydrogen (secondary N) is 1. The van der Waals surface area contributed by atoms with Gasteiger partial charge in [0.15, 0.2) is 0 Å². The van der Waals surface area contributed by atoms with Gasteiger partial charge in [-0.05, 0) is 60.7 Å². The minimum atomic E-state index is -0.835. The van der Waals surface area contributed by atoms with Crippen molar-refractivity contribution in [2.24, 2.45) is 5.92 Å². The fourth-order valence-electron chi connectivity index (χ4n) is 3.25. The number of carbonyl (C=O) groups is 1. The van der Waals surface area contributed by atoms with E-state index in [4.69, 9.17) is 0 Å². The largest absolute Gasteiger partial charge is 0.480 e. The van der Waals surface area contributed by atoms with Crippen molar-refractivity contribution in [1.82, 2.24) is 5.32 Å². The Kier molecular flexibility index (Phi) is 7.92. The zero-order chi connectivity index (χ0) is 19.8. The summed E-state index contributed by atoms with van der Waals surface area (Å²) >= 11 is 0. The molecule has 0 bridgehead atoms. The number of carboxylic acids is 1. The Morgan fingerprint density at radius 1 is 1.00 bits per heavy atom. The van der Waals surface area contributed by atoms with E-state index in [2.05, 4.69) is 5.32 Å². The number of carboxylic acid groups (broad SMARTS) is 1. The van der Waals surface area contributed by atoms with Gasteiger partial charge < -0.3 is 10.4 Å². The van der Waals surface area contributed by atoms with Gasteiger partial charge in [0, 0.05) is 5.92 Å². The molecular formula is C22H27F2NO2. The number of hydrogen-bond acceptors (Lipinski definition) is 2. The fraction of sp³-hybridized carbons (Fsp3) is 0.409. The van der Waals surface area contributed by atoms with Crippen molar-refractivity contribution >= 4 is 5.97 Å². The van der Waals surface area contributed by atoms with Gasteiger partial charge in [-0.2, -0.15) is 0 Å². The summed E-state index contributed by atoms with van der Waals surface area (Å²) in [5, 5.41) is 12.5. The topological polar surface area (TPSA) is 49.3 Å². The van der Waals surface area contributed by atoms with Gasteiger partial charge in [0.2, 0.25) is 0 Å². The second-order valence-corrected chi connectivity index (χ2v) is 6.95. The molecule has 2 atom stereocenters. The first-order chi connectivity index (χ1) is 12.9. The van der Waals surface area contributed by atoms with Gasteiger partial charge in [-0.25, -0.2) is 8.78 Å². The highest BCUT2D eigenvalue weighted by atomic mass is 19.1. The monoisotopic (exact) mass is 375 g/mol. The summed E-state index contributed by atoms with van der Waals surface area (Å²) in [5.41, 5.74) is 1.92. The molecule has 0 aliphatic carbocycles. The Morgan fingerprint density at radius 2 is 1.48 bits per heavy atom. The van der Waals surface area contributed by atoms with Crippen LogP contribution >= 0.6 is 0 Å². The molecule has 3 nitrogen and oxygen atoms in total. The molecule has 0 aliphatic rings. The smallest absolute Gasteiger partial charge is 0.320 e. The highest BCUT2D eigenvalue weighted by Gasteiger charge is 2.22. The first-order valence-corrected chi connectivity index (χ1v) is 9.39. The van der Waals surface area contributed by atoms with Crippen LogP contribution in [0.1, 0.15) is 50.2 Å². The van der Waals surface area contributed by atoms with Crippen molar-refractivity contribution in [3.8, 4) is 0 Å². The summed E-state index contributed by atoms with van der Waals surface area (Å²) in [4.78, 5) is 11.4. The molecule has 2 rings (SSSR count). The second-order valence-electron chi connectivity index (χ2n) is 6.95. The highest BCUT2D eigenvalue weighted by molar-refractivity contribution is 5.73. The van der Waals surface area contributed by atoms with Crippen LogP contribution in [-0.4, -0.2) is 23.7 Å². The number of benzene rings is 2. The van der Waals surface area contributed by atoms with Crippen LogP contribution in [0.15, 0.2) is 48.5 Å². The molecule has 0 aromatic heterocycles. The lowest BCUT2D eigenvalue weighted by Crippen LogP contribution is -2.42. The van der Waals surface area contributed by atoms with Gasteiger partial charge in [0.1, 0.15) is 17.7 Å². The van der Waals surface area contributed by atoms with Crippen LogP contribution < -0.4 is 5.32 Å². The van der Waals surface area contributed by atoms with Gasteiger partial charge in [-0.1, -0.05) is 44.5 Å². The SMILES string of the molecule is CC[C@H](C)[C@H](NCCCC(c1ccc(F)cc1)c1ccc(F)cc1)C(=O)O. The lowest BCUT2D eigenvalue weighted by molar-refractivity contribution is -0.140. The van der Waals surface area contributed by atoms with Gasteiger partial charge in [-0.3, -0.25) is 4.79 Å². The summed E-state index contributed by atoms with van der Waals surface area (Å²) < 4.78 is 26.5. The zero-order valence-electron chi connectivity index (χ0n) is 15.8. The van der Waals surface area contributed by atoms with E-state index in [1.807, 2.05) is 13.8 Å². The van der Waals surface area contributed by atoms with Crippen LogP contribution in [0.25, 0.3) is 0 Å². The molecular weight excluding hydrogens is 348 g/mol. The van der Waals surface area contributed by atoms with Gasteiger partial charge in [0.05, 0.1) is 0 Å². The van der Waals surface area contributed by atoms with Gasteiger partial charge in [0.25, 0.3) is 0 Å². The summed E-state index contributed by atoms with van der Waals surface area (Å²) in [5.74, 6) is -1.38. The van der Waals surface area contributed by atoms with E-state index < -0.39 is 12.0 Å². The van der Waals surface area contributed by atoms with Crippen LogP contribution in [0, 0.1) is 17.6 Å². The summed E-state index contributed by atoms with van der Waals surface area (Å²) in [6, 6.07) is 12.1. The Balaban J connectivity index is 2.05. The molecule has 0 fully saturated rings. The molecule has 0 saturated heterocycles. The van der Waals surface area contributed by atoms with E-state index in [-0.39, 0.29) is 23.5 Å². The van der Waals surface area contributed by atoms with E-state index in [1.54, 1.807) is 24.3 Å². The number of halogens is 2. The molecule has 2 N–H and O–H groups in total. The van der Waals surface area contributed by atoms with Crippen molar-refractivity contribution in [1.29, 1.82) is 0 Å². The fourth-order valence-corrected chi connectivity index (χ4v) is 3.25. The first kappa shape index (κ1) is 21.0. The number of aliphatic carboxylic acids is 1. The van der Waals surface area contributed by atoms with Crippen molar-refractivity contribution in [3.63, 3.8) is 0 Å². The zero-order valence-corrected chi connectivity index (χ0v) is 15.8. The van der Waals surface area contributed by atoms with Crippen LogP contribution in [0.4, 0.5) is 8.78 Å². The molecule has 0 radical (unpaired) electrons. The van der Waals surface area contributed by atoms with Crippen molar-refractivity contribution in [2.45, 2.75) is 45.1 Å². The van der Waals surface area contributed by atoms with Crippen LogP contribution in [-0.2, 0) is 4.79 Å².